The summed E-state index contributed by atoms with van der Waals surface area (Å²) in [5, 5.41) is 30.6. The summed E-state index contributed by atoms with van der Waals surface area (Å²) in [6.45, 7) is 9.06. The number of nitrogens with two attached hydrogens (primary N) is 7. The first kappa shape index (κ1) is 66.6. The van der Waals surface area contributed by atoms with Gasteiger partial charge in [-0.1, -0.05) is 70.5 Å². The zero-order valence-corrected chi connectivity index (χ0v) is 47.8. The number of benzene rings is 2. The van der Waals surface area contributed by atoms with Gasteiger partial charge in [0.2, 0.25) is 41.4 Å². The van der Waals surface area contributed by atoms with E-state index in [1.54, 1.807) is 32.3 Å². The Bertz CT molecular complexity index is 2930. The van der Waals surface area contributed by atoms with Gasteiger partial charge in [-0.3, -0.25) is 48.5 Å². The Hall–Kier alpha value is -8.95. The number of para-hydroxylation sites is 2. The fourth-order valence-electron chi connectivity index (χ4n) is 9.06. The van der Waals surface area contributed by atoms with Crippen LogP contribution in [0.2, 0.25) is 0 Å². The normalized spacial score (nSPS) is 14.4. The minimum absolute atomic E-state index is 0.0417. The summed E-state index contributed by atoms with van der Waals surface area (Å²) >= 11 is 0. The van der Waals surface area contributed by atoms with Gasteiger partial charge in [0.1, 0.15) is 42.3 Å². The molecule has 0 spiro atoms. The molecule has 7 amide bonds. The number of aliphatic imine (C=N–C) groups is 3. The van der Waals surface area contributed by atoms with E-state index in [1.807, 2.05) is 56.3 Å². The number of fused-ring (bicyclic) bond motifs is 2. The van der Waals surface area contributed by atoms with Crippen molar-refractivity contribution in [2.75, 3.05) is 19.6 Å². The lowest BCUT2D eigenvalue weighted by molar-refractivity contribution is -0.142. The average Bonchev–Trinajstić information content (AvgIpc) is 4.14. The number of hydrogen-bond acceptors (Lipinski definition) is 12. The lowest BCUT2D eigenvalue weighted by Crippen LogP contribution is -2.61. The van der Waals surface area contributed by atoms with Crippen molar-refractivity contribution in [3.63, 3.8) is 0 Å². The van der Waals surface area contributed by atoms with Gasteiger partial charge in [-0.05, 0) is 87.0 Å². The second kappa shape index (κ2) is 33.1. The highest BCUT2D eigenvalue weighted by molar-refractivity contribution is 5.98. The Morgan fingerprint density at radius 1 is 0.506 bits per heavy atom. The van der Waals surface area contributed by atoms with Gasteiger partial charge in [0.15, 0.2) is 17.9 Å². The maximum absolute atomic E-state index is 14.7. The van der Waals surface area contributed by atoms with E-state index in [2.05, 4.69) is 62.2 Å². The van der Waals surface area contributed by atoms with Crippen molar-refractivity contribution in [1.29, 1.82) is 0 Å². The van der Waals surface area contributed by atoms with Crippen LogP contribution in [0, 0.1) is 11.8 Å². The third-order valence-electron chi connectivity index (χ3n) is 13.8. The molecule has 0 aliphatic rings. The minimum Gasteiger partial charge on any atom is -0.480 e. The number of carboxylic acid groups (broad SMARTS) is 1. The smallest absolute Gasteiger partial charge is 0.326 e. The molecular weight excluding hydrogens is 1070 g/mol. The number of carboxylic acids is 1. The summed E-state index contributed by atoms with van der Waals surface area (Å²) in [5.74, 6) is -7.70. The minimum atomic E-state index is -1.39. The van der Waals surface area contributed by atoms with Gasteiger partial charge in [-0.25, -0.2) is 4.79 Å². The molecule has 83 heavy (non-hydrogen) atoms. The zero-order chi connectivity index (χ0) is 61.3. The molecule has 0 bridgehead atoms. The van der Waals surface area contributed by atoms with E-state index in [0.717, 1.165) is 21.8 Å². The number of hydrogen-bond donors (Lipinski definition) is 17. The monoisotopic (exact) mass is 1160 g/mol. The van der Waals surface area contributed by atoms with Crippen molar-refractivity contribution in [3.8, 4) is 0 Å². The van der Waals surface area contributed by atoms with Crippen LogP contribution in [0.4, 0.5) is 0 Å². The van der Waals surface area contributed by atoms with Crippen LogP contribution < -0.4 is 77.4 Å². The SMILES string of the molecule is CC[C@H](C)[C@H](NC(=O)[C@H](C)NC(=O)[C@H](Cc1c[nH]c2ccccc12)NC(=O)[C@H](CC(C)C)NC(=O)[C@@H](N)CCCN=C(N)N)C(=O)N[C@@H](Cc1c[nH]c2ccccc12)C(=O)N[C@@H](CCCN=C(N)N)C(=O)N[C@@H](CCCN=C(N)N)C(=O)O. The third-order valence-corrected chi connectivity index (χ3v) is 13.8. The first-order valence-electron chi connectivity index (χ1n) is 27.8. The molecule has 9 atom stereocenters. The molecular formula is C55H85N19O9. The molecule has 0 radical (unpaired) electrons. The third kappa shape index (κ3) is 21.8. The Morgan fingerprint density at radius 3 is 1.40 bits per heavy atom. The predicted molar refractivity (Wildman–Crippen MR) is 317 cm³/mol. The first-order chi connectivity index (χ1) is 39.4. The van der Waals surface area contributed by atoms with Crippen LogP contribution in [-0.4, -0.2) is 148 Å². The van der Waals surface area contributed by atoms with Crippen molar-refractivity contribution in [2.24, 2.45) is 66.9 Å². The summed E-state index contributed by atoms with van der Waals surface area (Å²) in [4.78, 5) is 130. The number of aliphatic carboxylic acids is 1. The molecule has 0 saturated carbocycles. The van der Waals surface area contributed by atoms with Crippen LogP contribution in [0.15, 0.2) is 75.9 Å². The molecule has 0 saturated heterocycles. The van der Waals surface area contributed by atoms with Gasteiger partial charge in [0.05, 0.1) is 6.04 Å². The summed E-state index contributed by atoms with van der Waals surface area (Å²) in [5.41, 5.74) is 41.7. The van der Waals surface area contributed by atoms with Crippen molar-refractivity contribution in [3.05, 3.63) is 72.1 Å². The highest BCUT2D eigenvalue weighted by Crippen LogP contribution is 2.22. The molecule has 28 nitrogen and oxygen atoms in total. The molecule has 2 aromatic heterocycles. The van der Waals surface area contributed by atoms with Gasteiger partial charge in [0, 0.05) is 66.7 Å². The van der Waals surface area contributed by atoms with Crippen LogP contribution >= 0.6 is 0 Å². The molecule has 0 aliphatic carbocycles. The molecule has 4 rings (SSSR count). The van der Waals surface area contributed by atoms with Gasteiger partial charge in [-0.2, -0.15) is 0 Å². The number of aromatic amines is 2. The number of H-pyrrole nitrogens is 2. The van der Waals surface area contributed by atoms with E-state index in [1.165, 1.54) is 6.92 Å². The van der Waals surface area contributed by atoms with Crippen LogP contribution in [0.3, 0.4) is 0 Å². The fourth-order valence-corrected chi connectivity index (χ4v) is 9.06. The standard InChI is InChI=1S/C55H85N19O9/c1-6-30(4)44(51(81)73-43(26-33-28-67-38-18-10-8-15-35(33)38)50(80)69-39(19-12-22-64-54(59)60)47(77)70-40(52(82)83)20-13-23-65-55(61)62)74-45(75)31(5)68-48(78)42(25-32-27-66-37-17-9-7-14-34(32)37)72-49(79)41(24-29(2)3)71-46(76)36(56)16-11-21-63-53(57)58/h7-10,14-15,17-18,27-31,36,39-44,66-67H,6,11-13,16,19-26,56H2,1-5H3,(H,68,78)(H,69,80)(H,70,77)(H,71,76)(H,72,79)(H,73,81)(H,74,75)(H,82,83)(H4,57,58,63)(H4,59,60,64)(H4,61,62,65)/t30-,31-,36-,39-,40-,41-,42-,43-,44-/m0/s1. The molecule has 2 heterocycles. The lowest BCUT2D eigenvalue weighted by atomic mass is 9.96. The summed E-state index contributed by atoms with van der Waals surface area (Å²) < 4.78 is 0. The van der Waals surface area contributed by atoms with Crippen molar-refractivity contribution >= 4 is 87.0 Å². The number of nitrogens with one attached hydrogen (secondary N) is 9. The first-order valence-corrected chi connectivity index (χ1v) is 27.8. The van der Waals surface area contributed by atoms with Crippen LogP contribution in [-0.2, 0) is 51.2 Å². The van der Waals surface area contributed by atoms with E-state index < -0.39 is 102 Å². The van der Waals surface area contributed by atoms with E-state index in [9.17, 15) is 43.5 Å². The Labute approximate surface area is 482 Å². The predicted octanol–water partition coefficient (Wildman–Crippen LogP) is -1.49. The molecule has 0 aliphatic heterocycles. The van der Waals surface area contributed by atoms with Gasteiger partial charge in [0.25, 0.3) is 0 Å². The number of nitrogens with zero attached hydrogens (tertiary/aromatic N) is 3. The number of rotatable bonds is 35. The van der Waals surface area contributed by atoms with E-state index in [4.69, 9.17) is 40.1 Å². The van der Waals surface area contributed by atoms with Crippen LogP contribution in [0.25, 0.3) is 21.8 Å². The molecule has 0 unspecified atom stereocenters. The highest BCUT2D eigenvalue weighted by atomic mass is 16.4. The lowest BCUT2D eigenvalue weighted by Gasteiger charge is -2.29. The number of amides is 7. The average molecular weight is 1160 g/mol. The molecule has 454 valence electrons. The molecule has 28 heteroatoms. The second-order valence-corrected chi connectivity index (χ2v) is 21.0. The fraction of sp³-hybridized carbons (Fsp3) is 0.509. The van der Waals surface area contributed by atoms with Crippen LogP contribution in [0.1, 0.15) is 97.1 Å². The van der Waals surface area contributed by atoms with Crippen molar-refractivity contribution in [2.45, 2.75) is 147 Å². The van der Waals surface area contributed by atoms with Crippen molar-refractivity contribution < 1.29 is 43.5 Å². The van der Waals surface area contributed by atoms with Crippen LogP contribution in [0.5, 0.6) is 0 Å². The number of carbonyl (C=O) groups excluding carboxylic acids is 7. The van der Waals surface area contributed by atoms with Gasteiger partial charge < -0.3 is 92.4 Å². The van der Waals surface area contributed by atoms with E-state index >= 15 is 0 Å². The summed E-state index contributed by atoms with van der Waals surface area (Å²) in [7, 11) is 0. The second-order valence-electron chi connectivity index (χ2n) is 21.0. The number of aromatic nitrogens is 2. The molecule has 0 fully saturated rings. The maximum Gasteiger partial charge on any atom is 0.326 e. The Kier molecular flexibility index (Phi) is 26.5. The summed E-state index contributed by atoms with van der Waals surface area (Å²) in [6, 6.07) is 4.51. The van der Waals surface area contributed by atoms with Gasteiger partial charge >= 0.3 is 5.97 Å². The van der Waals surface area contributed by atoms with Gasteiger partial charge in [-0.15, -0.1) is 0 Å². The van der Waals surface area contributed by atoms with Crippen molar-refractivity contribution in [1.82, 2.24) is 47.2 Å². The molecule has 2 aromatic carbocycles. The number of guanidine groups is 3. The van der Waals surface area contributed by atoms with E-state index in [-0.39, 0.29) is 94.8 Å². The zero-order valence-electron chi connectivity index (χ0n) is 47.8. The molecule has 24 N–H and O–H groups in total. The molecule has 4 aromatic rings. The largest absolute Gasteiger partial charge is 0.480 e. The summed E-state index contributed by atoms with van der Waals surface area (Å²) in [6.07, 6.45) is 4.66. The maximum atomic E-state index is 14.7. The number of carbonyl (C=O) groups is 8. The Morgan fingerprint density at radius 2 is 0.916 bits per heavy atom. The quantitative estimate of drug-likeness (QED) is 0.0142. The Balaban J connectivity index is 1.61. The topological polar surface area (TPSA) is 492 Å². The highest BCUT2D eigenvalue weighted by Gasteiger charge is 2.36. The van der Waals surface area contributed by atoms with E-state index in [0.29, 0.717) is 24.0 Å².